The van der Waals surface area contributed by atoms with Crippen molar-refractivity contribution in [3.05, 3.63) is 41.5 Å². The quantitative estimate of drug-likeness (QED) is 0.354. The molecule has 8 heteroatoms. The molecule has 1 aromatic rings. The summed E-state index contributed by atoms with van der Waals surface area (Å²) in [6.45, 7) is 4.38. The van der Waals surface area contributed by atoms with Gasteiger partial charge in [0.25, 0.3) is 0 Å². The third-order valence-corrected chi connectivity index (χ3v) is 2.12. The summed E-state index contributed by atoms with van der Waals surface area (Å²) in [6, 6.07) is 0.574. The van der Waals surface area contributed by atoms with E-state index in [0.717, 1.165) is 0 Å². The van der Waals surface area contributed by atoms with Crippen LogP contribution in [0, 0.1) is 0 Å². The number of ether oxygens (including phenoxy) is 1. The van der Waals surface area contributed by atoms with E-state index in [4.69, 9.17) is 0 Å². The molecule has 1 rings (SSSR count). The van der Waals surface area contributed by atoms with Gasteiger partial charge in [0, 0.05) is 5.57 Å². The molecule has 0 amide bonds. The van der Waals surface area contributed by atoms with Crippen molar-refractivity contribution in [1.82, 2.24) is 0 Å². The third kappa shape index (κ3) is 4.01. The van der Waals surface area contributed by atoms with E-state index in [9.17, 15) is 31.1 Å². The van der Waals surface area contributed by atoms with Gasteiger partial charge in [0.2, 0.25) is 0 Å². The minimum absolute atomic E-state index is 0.0574. The lowest BCUT2D eigenvalue weighted by molar-refractivity contribution is -0.144. The molecule has 0 aliphatic rings. The first kappa shape index (κ1) is 16.1. The minimum atomic E-state index is -4.99. The summed E-state index contributed by atoms with van der Waals surface area (Å²) in [5.41, 5.74) is -3.27. The number of carbonyl (C=O) groups excluding carboxylic acids is 1. The molecule has 0 spiro atoms. The van der Waals surface area contributed by atoms with E-state index in [1.807, 2.05) is 0 Å². The van der Waals surface area contributed by atoms with Gasteiger partial charge in [0.05, 0.1) is 11.1 Å². The number of carbonyl (C=O) groups is 1. The van der Waals surface area contributed by atoms with Crippen LogP contribution in [0.25, 0.3) is 0 Å². The van der Waals surface area contributed by atoms with Crippen LogP contribution < -0.4 is 4.74 Å². The lowest BCUT2D eigenvalue weighted by atomic mass is 10.1. The van der Waals surface area contributed by atoms with Crippen molar-refractivity contribution in [3.8, 4) is 5.75 Å². The fourth-order valence-corrected chi connectivity index (χ4v) is 1.18. The number of rotatable bonds is 2. The monoisotopic (exact) mass is 298 g/mol. The van der Waals surface area contributed by atoms with E-state index >= 15 is 0 Å². The van der Waals surface area contributed by atoms with Crippen LogP contribution in [0.1, 0.15) is 18.1 Å². The Morgan fingerprint density at radius 3 is 1.70 bits per heavy atom. The number of alkyl halides is 6. The molecule has 0 heterocycles. The van der Waals surface area contributed by atoms with Crippen LogP contribution in [-0.4, -0.2) is 5.97 Å². The number of benzene rings is 1. The fraction of sp³-hybridized carbons (Fsp3) is 0.250. The van der Waals surface area contributed by atoms with Gasteiger partial charge in [-0.3, -0.25) is 0 Å². The lowest BCUT2D eigenvalue weighted by Crippen LogP contribution is -2.13. The Bertz CT molecular complexity index is 510. The van der Waals surface area contributed by atoms with Gasteiger partial charge in [-0.15, -0.1) is 0 Å². The van der Waals surface area contributed by atoms with E-state index in [0.29, 0.717) is 12.1 Å². The first-order valence-corrected chi connectivity index (χ1v) is 5.08. The summed E-state index contributed by atoms with van der Waals surface area (Å²) < 4.78 is 79.4. The third-order valence-electron chi connectivity index (χ3n) is 2.12. The zero-order valence-electron chi connectivity index (χ0n) is 10.0. The molecule has 0 aliphatic heterocycles. The van der Waals surface area contributed by atoms with Crippen molar-refractivity contribution < 1.29 is 35.9 Å². The molecule has 0 atom stereocenters. The van der Waals surface area contributed by atoms with Crippen molar-refractivity contribution in [2.75, 3.05) is 0 Å². The van der Waals surface area contributed by atoms with Crippen LogP contribution in [0.15, 0.2) is 30.4 Å². The molecular weight excluding hydrogens is 290 g/mol. The van der Waals surface area contributed by atoms with Gasteiger partial charge in [-0.2, -0.15) is 26.3 Å². The smallest absolute Gasteiger partial charge is 0.416 e. The van der Waals surface area contributed by atoms with Crippen LogP contribution >= 0.6 is 0 Å². The molecule has 0 radical (unpaired) electrons. The van der Waals surface area contributed by atoms with E-state index < -0.39 is 35.2 Å². The summed E-state index contributed by atoms with van der Waals surface area (Å²) in [7, 11) is 0. The molecule has 2 nitrogen and oxygen atoms in total. The maximum absolute atomic E-state index is 12.5. The molecule has 110 valence electrons. The minimum Gasteiger partial charge on any atom is -0.423 e. The van der Waals surface area contributed by atoms with Crippen molar-refractivity contribution in [2.24, 2.45) is 0 Å². The average Bonchev–Trinajstić information content (AvgIpc) is 2.26. The molecule has 0 aromatic heterocycles. The molecule has 20 heavy (non-hydrogen) atoms. The Morgan fingerprint density at radius 2 is 1.40 bits per heavy atom. The normalized spacial score (nSPS) is 12.2. The number of esters is 1. The van der Waals surface area contributed by atoms with Gasteiger partial charge in [-0.25, -0.2) is 4.79 Å². The van der Waals surface area contributed by atoms with Gasteiger partial charge < -0.3 is 4.74 Å². The first-order chi connectivity index (χ1) is 8.91. The van der Waals surface area contributed by atoms with Crippen molar-refractivity contribution in [2.45, 2.75) is 19.3 Å². The summed E-state index contributed by atoms with van der Waals surface area (Å²) >= 11 is 0. The average molecular weight is 298 g/mol. The molecule has 0 saturated heterocycles. The Kier molecular flexibility index (Phi) is 4.16. The maximum Gasteiger partial charge on any atom is 0.416 e. The van der Waals surface area contributed by atoms with E-state index in [-0.39, 0.29) is 11.6 Å². The molecule has 0 bridgehead atoms. The summed E-state index contributed by atoms with van der Waals surface area (Å²) in [6.07, 6.45) is -9.99. The second-order valence-corrected chi connectivity index (χ2v) is 3.91. The van der Waals surface area contributed by atoms with E-state index in [1.165, 1.54) is 6.92 Å². The molecule has 0 N–H and O–H groups in total. The highest BCUT2D eigenvalue weighted by Crippen LogP contribution is 2.38. The molecular formula is C12H8F6O2. The first-order valence-electron chi connectivity index (χ1n) is 5.08. The highest BCUT2D eigenvalue weighted by atomic mass is 19.4. The number of halogens is 6. The Hall–Kier alpha value is -1.99. The molecule has 0 unspecified atom stereocenters. The SMILES string of the molecule is C=C(C)C(=O)Oc1cc(C(F)(F)F)cc(C(F)(F)F)c1. The van der Waals surface area contributed by atoms with Crippen LogP contribution in [0.5, 0.6) is 5.75 Å². The zero-order valence-corrected chi connectivity index (χ0v) is 10.0. The predicted octanol–water partition coefficient (Wildman–Crippen LogP) is 4.21. The van der Waals surface area contributed by atoms with Crippen LogP contribution in [0.3, 0.4) is 0 Å². The highest BCUT2D eigenvalue weighted by molar-refractivity contribution is 5.88. The predicted molar refractivity (Wildman–Crippen MR) is 56.9 cm³/mol. The lowest BCUT2D eigenvalue weighted by Gasteiger charge is -2.14. The van der Waals surface area contributed by atoms with E-state index in [1.54, 1.807) is 0 Å². The second kappa shape index (κ2) is 5.18. The second-order valence-electron chi connectivity index (χ2n) is 3.91. The summed E-state index contributed by atoms with van der Waals surface area (Å²) in [5.74, 6) is -1.96. The Labute approximate surface area is 109 Å². The Balaban J connectivity index is 3.31. The molecule has 0 aliphatic carbocycles. The molecule has 0 saturated carbocycles. The van der Waals surface area contributed by atoms with Crippen molar-refractivity contribution >= 4 is 5.97 Å². The highest BCUT2D eigenvalue weighted by Gasteiger charge is 2.37. The molecule has 0 fully saturated rings. The summed E-state index contributed by atoms with van der Waals surface area (Å²) in [4.78, 5) is 11.1. The van der Waals surface area contributed by atoms with Gasteiger partial charge >= 0.3 is 18.3 Å². The van der Waals surface area contributed by atoms with Crippen LogP contribution in [-0.2, 0) is 17.1 Å². The molecule has 1 aromatic carbocycles. The van der Waals surface area contributed by atoms with Gasteiger partial charge in [-0.05, 0) is 25.1 Å². The Morgan fingerprint density at radius 1 is 1.00 bits per heavy atom. The largest absolute Gasteiger partial charge is 0.423 e. The van der Waals surface area contributed by atoms with E-state index in [2.05, 4.69) is 11.3 Å². The topological polar surface area (TPSA) is 26.3 Å². The van der Waals surface area contributed by atoms with Crippen molar-refractivity contribution in [1.29, 1.82) is 0 Å². The van der Waals surface area contributed by atoms with Crippen LogP contribution in [0.4, 0.5) is 26.3 Å². The zero-order chi connectivity index (χ0) is 15.7. The maximum atomic E-state index is 12.5. The number of hydrogen-bond donors (Lipinski definition) is 0. The van der Waals surface area contributed by atoms with Gasteiger partial charge in [-0.1, -0.05) is 6.58 Å². The number of hydrogen-bond acceptors (Lipinski definition) is 2. The van der Waals surface area contributed by atoms with Crippen LogP contribution in [0.2, 0.25) is 0 Å². The van der Waals surface area contributed by atoms with Crippen molar-refractivity contribution in [3.63, 3.8) is 0 Å². The summed E-state index contributed by atoms with van der Waals surface area (Å²) in [5, 5.41) is 0. The fourth-order valence-electron chi connectivity index (χ4n) is 1.18. The van der Waals surface area contributed by atoms with Gasteiger partial charge in [0.1, 0.15) is 5.75 Å². The standard InChI is InChI=1S/C12H8F6O2/c1-6(2)10(19)20-9-4-7(11(13,14)15)3-8(5-9)12(16,17)18/h3-5H,1H2,2H3. The van der Waals surface area contributed by atoms with Gasteiger partial charge in [0.15, 0.2) is 0 Å².